The first-order valence-electron chi connectivity index (χ1n) is 5.11. The number of nitrogens with one attached hydrogen (secondary N) is 1. The van der Waals surface area contributed by atoms with Crippen LogP contribution in [-0.2, 0) is 0 Å². The lowest BCUT2D eigenvalue weighted by Crippen LogP contribution is -2.09. The zero-order valence-electron chi connectivity index (χ0n) is 9.71. The fourth-order valence-electron chi connectivity index (χ4n) is 1.32. The van der Waals surface area contributed by atoms with Gasteiger partial charge in [0.05, 0.1) is 27.4 Å². The molecule has 2 rings (SSSR count). The lowest BCUT2D eigenvalue weighted by atomic mass is 10.3. The fraction of sp³-hybridized carbons (Fsp3) is 0. The molecule has 0 atom stereocenters. The van der Waals surface area contributed by atoms with Crippen molar-refractivity contribution in [1.29, 1.82) is 0 Å². The average Bonchev–Trinajstić information content (AvgIpc) is 2.42. The van der Waals surface area contributed by atoms with Gasteiger partial charge in [-0.1, -0.05) is 23.2 Å². The van der Waals surface area contributed by atoms with Crippen LogP contribution in [0.2, 0.25) is 10.0 Å². The van der Waals surface area contributed by atoms with E-state index in [4.69, 9.17) is 33.8 Å². The summed E-state index contributed by atoms with van der Waals surface area (Å²) >= 11 is 11.5. The lowest BCUT2D eigenvalue weighted by molar-refractivity contribution is -0.385. The monoisotopic (exact) mass is 315 g/mol. The number of hydrogen-bond acceptors (Lipinski definition) is 7. The van der Waals surface area contributed by atoms with Gasteiger partial charge in [-0.25, -0.2) is 5.84 Å². The normalized spacial score (nSPS) is 10.2. The van der Waals surface area contributed by atoms with Gasteiger partial charge in [0.15, 0.2) is 5.82 Å². The van der Waals surface area contributed by atoms with Gasteiger partial charge in [-0.3, -0.25) is 15.1 Å². The van der Waals surface area contributed by atoms with E-state index in [9.17, 15) is 10.1 Å². The van der Waals surface area contributed by atoms with E-state index >= 15 is 0 Å². The zero-order valence-corrected chi connectivity index (χ0v) is 11.2. The third kappa shape index (κ3) is 3.05. The van der Waals surface area contributed by atoms with Crippen molar-refractivity contribution in [3.63, 3.8) is 0 Å². The summed E-state index contributed by atoms with van der Waals surface area (Å²) in [6.07, 6.45) is 2.63. The second-order valence-electron chi connectivity index (χ2n) is 3.48. The minimum atomic E-state index is -0.643. The second kappa shape index (κ2) is 5.87. The first-order valence-corrected chi connectivity index (χ1v) is 5.87. The number of nitrogens with two attached hydrogens (primary N) is 1. The van der Waals surface area contributed by atoms with E-state index in [2.05, 4.69) is 15.4 Å². The van der Waals surface area contributed by atoms with Crippen LogP contribution >= 0.6 is 23.2 Å². The Morgan fingerprint density at radius 2 is 2.00 bits per heavy atom. The molecule has 0 amide bonds. The van der Waals surface area contributed by atoms with Crippen molar-refractivity contribution < 1.29 is 9.66 Å². The molecular weight excluding hydrogens is 309 g/mol. The van der Waals surface area contributed by atoms with E-state index in [0.717, 1.165) is 6.07 Å². The lowest BCUT2D eigenvalue weighted by Gasteiger charge is -2.07. The standard InChI is InChI=1S/C10H7Cl2N5O3/c11-5-1-7(17(18)19)8(2-6(5)12)20-10-4-14-3-9(15-10)16-13/h1-4H,13H2,(H,15,16). The molecule has 3 N–H and O–H groups in total. The van der Waals surface area contributed by atoms with Crippen molar-refractivity contribution in [3.8, 4) is 11.6 Å². The van der Waals surface area contributed by atoms with Gasteiger partial charge in [0.1, 0.15) is 0 Å². The molecule has 104 valence electrons. The number of nitrogen functional groups attached to an aromatic ring is 1. The van der Waals surface area contributed by atoms with Crippen LogP contribution in [0.1, 0.15) is 0 Å². The number of rotatable bonds is 4. The minimum absolute atomic E-state index is 0.0157. The van der Waals surface area contributed by atoms with Gasteiger partial charge >= 0.3 is 5.69 Å². The van der Waals surface area contributed by atoms with E-state index < -0.39 is 4.92 Å². The van der Waals surface area contributed by atoms with Gasteiger partial charge in [-0.05, 0) is 0 Å². The van der Waals surface area contributed by atoms with Crippen LogP contribution in [0, 0.1) is 10.1 Å². The van der Waals surface area contributed by atoms with Gasteiger partial charge < -0.3 is 10.2 Å². The maximum atomic E-state index is 11.0. The zero-order chi connectivity index (χ0) is 14.7. The van der Waals surface area contributed by atoms with Gasteiger partial charge in [-0.15, -0.1) is 0 Å². The van der Waals surface area contributed by atoms with E-state index in [1.165, 1.54) is 18.5 Å². The van der Waals surface area contributed by atoms with Gasteiger partial charge in [-0.2, -0.15) is 4.98 Å². The fourth-order valence-corrected chi connectivity index (χ4v) is 1.63. The second-order valence-corrected chi connectivity index (χ2v) is 4.29. The highest BCUT2D eigenvalue weighted by Gasteiger charge is 2.19. The molecular formula is C10H7Cl2N5O3. The Morgan fingerprint density at radius 3 is 2.65 bits per heavy atom. The molecule has 0 aliphatic rings. The van der Waals surface area contributed by atoms with Crippen LogP contribution in [0.5, 0.6) is 11.6 Å². The Balaban J connectivity index is 2.41. The van der Waals surface area contributed by atoms with Crippen molar-refractivity contribution in [2.24, 2.45) is 5.84 Å². The Labute approximate surface area is 122 Å². The van der Waals surface area contributed by atoms with Crippen LogP contribution < -0.4 is 16.0 Å². The molecule has 1 aromatic carbocycles. The van der Waals surface area contributed by atoms with Gasteiger partial charge in [0.2, 0.25) is 11.6 Å². The van der Waals surface area contributed by atoms with E-state index in [0.29, 0.717) is 0 Å². The van der Waals surface area contributed by atoms with Crippen molar-refractivity contribution >= 4 is 34.7 Å². The SMILES string of the molecule is NNc1cncc(Oc2cc(Cl)c(Cl)cc2[N+](=O)[O-])n1. The molecule has 1 heterocycles. The Bertz CT molecular complexity index is 667. The summed E-state index contributed by atoms with van der Waals surface area (Å²) in [7, 11) is 0. The van der Waals surface area contributed by atoms with Gasteiger partial charge in [0.25, 0.3) is 0 Å². The van der Waals surface area contributed by atoms with Crippen molar-refractivity contribution in [2.45, 2.75) is 0 Å². The predicted molar refractivity (Wildman–Crippen MR) is 73.0 cm³/mol. The van der Waals surface area contributed by atoms with Crippen LogP contribution in [0.3, 0.4) is 0 Å². The number of nitro benzene ring substituents is 1. The van der Waals surface area contributed by atoms with E-state index in [1.807, 2.05) is 0 Å². The predicted octanol–water partition coefficient (Wildman–Crippen LogP) is 2.77. The quantitative estimate of drug-likeness (QED) is 0.506. The van der Waals surface area contributed by atoms with Crippen LogP contribution in [0.25, 0.3) is 0 Å². The van der Waals surface area contributed by atoms with Crippen molar-refractivity contribution in [1.82, 2.24) is 9.97 Å². The number of nitrogens with zero attached hydrogens (tertiary/aromatic N) is 3. The first-order chi connectivity index (χ1) is 9.51. The maximum absolute atomic E-state index is 11.0. The molecule has 1 aromatic heterocycles. The molecule has 0 aliphatic heterocycles. The average molecular weight is 316 g/mol. The molecule has 0 saturated carbocycles. The summed E-state index contributed by atoms with van der Waals surface area (Å²) in [6, 6.07) is 2.32. The Morgan fingerprint density at radius 1 is 1.30 bits per heavy atom. The van der Waals surface area contributed by atoms with Crippen LogP contribution in [0.15, 0.2) is 24.5 Å². The van der Waals surface area contributed by atoms with Crippen molar-refractivity contribution in [2.75, 3.05) is 5.43 Å². The third-order valence-corrected chi connectivity index (χ3v) is 2.90. The molecule has 10 heteroatoms. The molecule has 0 fully saturated rings. The topological polar surface area (TPSA) is 116 Å². The third-order valence-electron chi connectivity index (χ3n) is 2.17. The summed E-state index contributed by atoms with van der Waals surface area (Å²) < 4.78 is 5.30. The van der Waals surface area contributed by atoms with E-state index in [1.54, 1.807) is 0 Å². The summed E-state index contributed by atoms with van der Waals surface area (Å²) in [6.45, 7) is 0. The Hall–Kier alpha value is -2.16. The molecule has 0 saturated heterocycles. The largest absolute Gasteiger partial charge is 0.430 e. The van der Waals surface area contributed by atoms with Crippen molar-refractivity contribution in [3.05, 3.63) is 44.7 Å². The molecule has 0 aliphatic carbocycles. The highest BCUT2D eigenvalue weighted by molar-refractivity contribution is 6.42. The number of hydrogen-bond donors (Lipinski definition) is 2. The summed E-state index contributed by atoms with van der Waals surface area (Å²) in [5.74, 6) is 5.33. The molecule has 0 unspecified atom stereocenters. The number of anilines is 1. The first kappa shape index (κ1) is 14.3. The highest BCUT2D eigenvalue weighted by atomic mass is 35.5. The molecule has 0 spiro atoms. The molecule has 0 bridgehead atoms. The number of ether oxygens (including phenoxy) is 1. The molecule has 20 heavy (non-hydrogen) atoms. The number of benzene rings is 1. The molecule has 2 aromatic rings. The smallest absolute Gasteiger partial charge is 0.313 e. The summed E-state index contributed by atoms with van der Waals surface area (Å²) in [5.41, 5.74) is 1.94. The number of aromatic nitrogens is 2. The minimum Gasteiger partial charge on any atom is -0.430 e. The maximum Gasteiger partial charge on any atom is 0.313 e. The summed E-state index contributed by atoms with van der Waals surface area (Å²) in [5, 5.41) is 11.1. The highest BCUT2D eigenvalue weighted by Crippen LogP contribution is 2.37. The molecule has 8 nitrogen and oxygen atoms in total. The molecule has 0 radical (unpaired) electrons. The number of hydrazine groups is 1. The van der Waals surface area contributed by atoms with Gasteiger partial charge in [0, 0.05) is 12.1 Å². The van der Waals surface area contributed by atoms with Crippen LogP contribution in [-0.4, -0.2) is 14.9 Å². The number of nitro groups is 1. The van der Waals surface area contributed by atoms with E-state index in [-0.39, 0.29) is 33.2 Å². The summed E-state index contributed by atoms with van der Waals surface area (Å²) in [4.78, 5) is 18.0. The number of halogens is 2. The Kier molecular flexibility index (Phi) is 4.18. The van der Waals surface area contributed by atoms with Crippen LogP contribution in [0.4, 0.5) is 11.5 Å².